The highest BCUT2D eigenvalue weighted by Gasteiger charge is 2.35. The Bertz CT molecular complexity index is 1240. The van der Waals surface area contributed by atoms with Gasteiger partial charge in [-0.15, -0.1) is 0 Å². The maximum atomic E-state index is 13.5. The minimum absolute atomic E-state index is 0.00618. The number of carbonyl (C=O) groups excluding carboxylic acids is 1. The summed E-state index contributed by atoms with van der Waals surface area (Å²) in [6, 6.07) is 10.8. The molecule has 3 rings (SSSR count). The monoisotopic (exact) mass is 508 g/mol. The van der Waals surface area contributed by atoms with Crippen LogP contribution in [0, 0.1) is 6.92 Å². The van der Waals surface area contributed by atoms with Crippen LogP contribution in [-0.2, 0) is 19.9 Å². The Hall–Kier alpha value is -2.59. The van der Waals surface area contributed by atoms with Gasteiger partial charge in [0.1, 0.15) is 5.75 Å². The van der Waals surface area contributed by atoms with Gasteiger partial charge in [0.25, 0.3) is 15.9 Å². The third-order valence-corrected chi connectivity index (χ3v) is 9.52. The molecule has 0 bridgehead atoms. The van der Waals surface area contributed by atoms with Gasteiger partial charge in [0.2, 0.25) is 0 Å². The summed E-state index contributed by atoms with van der Waals surface area (Å²) in [6.07, 6.45) is 1.06. The van der Waals surface area contributed by atoms with Crippen molar-refractivity contribution >= 4 is 31.5 Å². The molecule has 1 fully saturated rings. The first-order valence-electron chi connectivity index (χ1n) is 11.3. The number of sulfone groups is 1. The number of hydrogen-bond acceptors (Lipinski definition) is 6. The van der Waals surface area contributed by atoms with E-state index in [9.17, 15) is 21.6 Å². The lowest BCUT2D eigenvalue weighted by Gasteiger charge is -2.29. The van der Waals surface area contributed by atoms with E-state index in [0.29, 0.717) is 43.0 Å². The molecule has 1 atom stereocenters. The van der Waals surface area contributed by atoms with Crippen LogP contribution in [0.1, 0.15) is 42.6 Å². The van der Waals surface area contributed by atoms with E-state index in [1.165, 1.54) is 19.2 Å². The van der Waals surface area contributed by atoms with Crippen LogP contribution >= 0.6 is 0 Å². The van der Waals surface area contributed by atoms with E-state index in [2.05, 4.69) is 0 Å². The van der Waals surface area contributed by atoms with Crippen molar-refractivity contribution in [1.82, 2.24) is 4.90 Å². The molecule has 2 aromatic carbocycles. The fraction of sp³-hybridized carbons (Fsp3) is 0.458. The van der Waals surface area contributed by atoms with E-state index in [4.69, 9.17) is 4.74 Å². The number of carbonyl (C=O) groups is 1. The molecule has 0 unspecified atom stereocenters. The van der Waals surface area contributed by atoms with Crippen molar-refractivity contribution in [3.8, 4) is 5.75 Å². The Labute approximate surface area is 202 Å². The van der Waals surface area contributed by atoms with Gasteiger partial charge in [-0.25, -0.2) is 16.8 Å². The zero-order valence-corrected chi connectivity index (χ0v) is 21.7. The van der Waals surface area contributed by atoms with Gasteiger partial charge < -0.3 is 9.64 Å². The number of aryl methyl sites for hydroxylation is 1. The second-order valence-corrected chi connectivity index (χ2v) is 12.6. The van der Waals surface area contributed by atoms with Gasteiger partial charge in [0, 0.05) is 25.2 Å². The van der Waals surface area contributed by atoms with E-state index in [0.717, 1.165) is 4.31 Å². The first-order chi connectivity index (χ1) is 16.0. The molecule has 34 heavy (non-hydrogen) atoms. The molecule has 1 amide bonds. The van der Waals surface area contributed by atoms with Crippen molar-refractivity contribution in [2.75, 3.05) is 36.0 Å². The van der Waals surface area contributed by atoms with Gasteiger partial charge in [0.05, 0.1) is 28.7 Å². The molecular weight excluding hydrogens is 476 g/mol. The number of anilines is 1. The largest absolute Gasteiger partial charge is 0.494 e. The highest BCUT2D eigenvalue weighted by atomic mass is 32.2. The summed E-state index contributed by atoms with van der Waals surface area (Å²) in [4.78, 5) is 15.1. The number of amides is 1. The molecule has 0 N–H and O–H groups in total. The molecule has 1 aliphatic rings. The molecule has 1 saturated heterocycles. The number of ether oxygens (including phenoxy) is 1. The lowest BCUT2D eigenvalue weighted by Crippen LogP contribution is -2.42. The van der Waals surface area contributed by atoms with Gasteiger partial charge in [-0.1, -0.05) is 13.0 Å². The van der Waals surface area contributed by atoms with Gasteiger partial charge in [0.15, 0.2) is 9.84 Å². The van der Waals surface area contributed by atoms with Gasteiger partial charge >= 0.3 is 0 Å². The molecule has 0 spiro atoms. The standard InChI is InChI=1S/C24H32N2O6S2/c1-5-14-26(20-13-15-33(28,29)17-20)24(27)23-16-22(12-7-18(23)3)34(30,31)25(4)19-8-10-21(11-9-19)32-6-2/h7-12,16,20H,5-6,13-15,17H2,1-4H3/t20-/m1/s1. The van der Waals surface area contributed by atoms with Crippen LogP contribution in [-0.4, -0.2) is 65.4 Å². The number of sulfonamides is 1. The molecular formula is C24H32N2O6S2. The second-order valence-electron chi connectivity index (χ2n) is 8.43. The van der Waals surface area contributed by atoms with Crippen LogP contribution in [0.5, 0.6) is 5.75 Å². The smallest absolute Gasteiger partial charge is 0.264 e. The zero-order chi connectivity index (χ0) is 25.1. The maximum Gasteiger partial charge on any atom is 0.264 e. The van der Waals surface area contributed by atoms with Crippen molar-refractivity contribution in [2.45, 2.75) is 44.6 Å². The van der Waals surface area contributed by atoms with Gasteiger partial charge in [-0.2, -0.15) is 0 Å². The van der Waals surface area contributed by atoms with E-state index >= 15 is 0 Å². The van der Waals surface area contributed by atoms with Crippen LogP contribution in [0.4, 0.5) is 5.69 Å². The first kappa shape index (κ1) is 26.0. The molecule has 1 aliphatic heterocycles. The summed E-state index contributed by atoms with van der Waals surface area (Å²) >= 11 is 0. The van der Waals surface area contributed by atoms with E-state index < -0.39 is 25.9 Å². The molecule has 1 heterocycles. The first-order valence-corrected chi connectivity index (χ1v) is 14.6. The summed E-state index contributed by atoms with van der Waals surface area (Å²) in [6.45, 7) is 6.45. The molecule has 0 saturated carbocycles. The van der Waals surface area contributed by atoms with E-state index in [1.807, 2.05) is 13.8 Å². The summed E-state index contributed by atoms with van der Waals surface area (Å²) in [5, 5.41) is 0. The topological polar surface area (TPSA) is 101 Å². The lowest BCUT2D eigenvalue weighted by molar-refractivity contribution is 0.0696. The minimum atomic E-state index is -3.94. The predicted molar refractivity (Wildman–Crippen MR) is 133 cm³/mol. The minimum Gasteiger partial charge on any atom is -0.494 e. The normalized spacial score (nSPS) is 17.4. The van der Waals surface area contributed by atoms with E-state index in [-0.39, 0.29) is 27.9 Å². The number of rotatable bonds is 9. The Morgan fingerprint density at radius 3 is 2.35 bits per heavy atom. The van der Waals surface area contributed by atoms with Crippen LogP contribution in [0.15, 0.2) is 47.4 Å². The highest BCUT2D eigenvalue weighted by Crippen LogP contribution is 2.27. The van der Waals surface area contributed by atoms with E-state index in [1.54, 1.807) is 42.2 Å². The summed E-state index contributed by atoms with van der Waals surface area (Å²) in [7, 11) is -5.65. The number of benzene rings is 2. The Morgan fingerprint density at radius 2 is 1.79 bits per heavy atom. The molecule has 0 aliphatic carbocycles. The SMILES string of the molecule is CCCN(C(=O)c1cc(S(=O)(=O)N(C)c2ccc(OCC)cc2)ccc1C)[C@@H]1CCS(=O)(=O)C1. The molecule has 186 valence electrons. The average molecular weight is 509 g/mol. The van der Waals surface area contributed by atoms with Crippen LogP contribution < -0.4 is 9.04 Å². The molecule has 0 radical (unpaired) electrons. The van der Waals surface area contributed by atoms with Crippen LogP contribution in [0.25, 0.3) is 0 Å². The lowest BCUT2D eigenvalue weighted by atomic mass is 10.1. The van der Waals surface area contributed by atoms with Gasteiger partial charge in [-0.3, -0.25) is 9.10 Å². The molecule has 0 aromatic heterocycles. The van der Waals surface area contributed by atoms with Crippen LogP contribution in [0.2, 0.25) is 0 Å². The fourth-order valence-electron chi connectivity index (χ4n) is 4.07. The van der Waals surface area contributed by atoms with Crippen molar-refractivity contribution < 1.29 is 26.4 Å². The predicted octanol–water partition coefficient (Wildman–Crippen LogP) is 3.26. The van der Waals surface area contributed by atoms with Crippen molar-refractivity contribution in [2.24, 2.45) is 0 Å². The van der Waals surface area contributed by atoms with Gasteiger partial charge in [-0.05, 0) is 68.7 Å². The maximum absolute atomic E-state index is 13.5. The summed E-state index contributed by atoms with van der Waals surface area (Å²) in [5.41, 5.74) is 1.36. The summed E-state index contributed by atoms with van der Waals surface area (Å²) in [5.74, 6) is 0.300. The highest BCUT2D eigenvalue weighted by molar-refractivity contribution is 7.92. The third-order valence-electron chi connectivity index (χ3n) is 5.98. The number of nitrogens with zero attached hydrogens (tertiary/aromatic N) is 2. The van der Waals surface area contributed by atoms with Crippen molar-refractivity contribution in [1.29, 1.82) is 0 Å². The van der Waals surface area contributed by atoms with Crippen molar-refractivity contribution in [3.63, 3.8) is 0 Å². The van der Waals surface area contributed by atoms with Crippen LogP contribution in [0.3, 0.4) is 0 Å². The average Bonchev–Trinajstić information content (AvgIpc) is 3.16. The fourth-order valence-corrected chi connectivity index (χ4v) is 7.03. The zero-order valence-electron chi connectivity index (χ0n) is 20.0. The number of hydrogen-bond donors (Lipinski definition) is 0. The Balaban J connectivity index is 1.92. The Kier molecular flexibility index (Phi) is 7.92. The quantitative estimate of drug-likeness (QED) is 0.515. The second kappa shape index (κ2) is 10.4. The molecule has 8 nitrogen and oxygen atoms in total. The summed E-state index contributed by atoms with van der Waals surface area (Å²) < 4.78 is 57.3. The van der Waals surface area contributed by atoms with Crippen molar-refractivity contribution in [3.05, 3.63) is 53.6 Å². The molecule has 2 aromatic rings. The molecule has 10 heteroatoms. The third kappa shape index (κ3) is 5.55. The Morgan fingerprint density at radius 1 is 1.12 bits per heavy atom.